The maximum absolute atomic E-state index is 11.2. The Hall–Kier alpha value is -1.58. The number of pyridine rings is 1. The summed E-state index contributed by atoms with van der Waals surface area (Å²) in [5.41, 5.74) is 0.313. The molecule has 0 atom stereocenters. The van der Waals surface area contributed by atoms with Gasteiger partial charge in [-0.2, -0.15) is 0 Å². The highest BCUT2D eigenvalue weighted by Gasteiger charge is 2.17. The van der Waals surface area contributed by atoms with Crippen LogP contribution in [0.15, 0.2) is 18.3 Å². The summed E-state index contributed by atoms with van der Waals surface area (Å²) in [7, 11) is 0. The average Bonchev–Trinajstić information content (AvgIpc) is 2.28. The molecule has 92 valence electrons. The van der Waals surface area contributed by atoms with Gasteiger partial charge in [-0.15, -0.1) is 0 Å². The molecule has 1 aliphatic heterocycles. The molecule has 0 amide bonds. The van der Waals surface area contributed by atoms with Crippen LogP contribution in [-0.4, -0.2) is 29.1 Å². The summed E-state index contributed by atoms with van der Waals surface area (Å²) in [5, 5.41) is 9.16. The van der Waals surface area contributed by atoms with E-state index in [2.05, 4.69) is 9.88 Å². The smallest absolute Gasteiger partial charge is 0.339 e. The van der Waals surface area contributed by atoms with Gasteiger partial charge in [0.2, 0.25) is 0 Å². The van der Waals surface area contributed by atoms with Gasteiger partial charge in [0.15, 0.2) is 0 Å². The maximum Gasteiger partial charge on any atom is 0.339 e. The zero-order valence-corrected chi connectivity index (χ0v) is 9.93. The molecule has 17 heavy (non-hydrogen) atoms. The minimum absolute atomic E-state index is 0.313. The molecule has 0 saturated carbocycles. The van der Waals surface area contributed by atoms with Crippen LogP contribution in [0.1, 0.15) is 42.5 Å². The first-order chi connectivity index (χ1) is 8.29. The van der Waals surface area contributed by atoms with E-state index in [9.17, 15) is 4.79 Å². The van der Waals surface area contributed by atoms with Crippen molar-refractivity contribution in [1.82, 2.24) is 4.98 Å². The zero-order chi connectivity index (χ0) is 12.1. The first-order valence-electron chi connectivity index (χ1n) is 6.22. The topological polar surface area (TPSA) is 53.4 Å². The Balaban J connectivity index is 2.21. The highest BCUT2D eigenvalue weighted by molar-refractivity contribution is 5.93. The van der Waals surface area contributed by atoms with Gasteiger partial charge in [-0.25, -0.2) is 9.78 Å². The largest absolute Gasteiger partial charge is 0.478 e. The number of carbonyl (C=O) groups is 1. The fourth-order valence-corrected chi connectivity index (χ4v) is 2.28. The van der Waals surface area contributed by atoms with E-state index in [0.29, 0.717) is 11.4 Å². The number of nitrogens with zero attached hydrogens (tertiary/aromatic N) is 2. The third kappa shape index (κ3) is 2.96. The number of aromatic carboxylic acids is 1. The standard InChI is InChI=1S/C13H18N2O2/c16-13(17)11-7-6-8-14-12(11)15-9-4-2-1-3-5-10-15/h6-8H,1-5,9-10H2,(H,16,17). The number of aromatic nitrogens is 1. The van der Waals surface area contributed by atoms with E-state index in [1.54, 1.807) is 18.3 Å². The van der Waals surface area contributed by atoms with E-state index in [0.717, 1.165) is 25.9 Å². The van der Waals surface area contributed by atoms with Crippen LogP contribution in [0.25, 0.3) is 0 Å². The van der Waals surface area contributed by atoms with E-state index in [1.165, 1.54) is 19.3 Å². The first kappa shape index (κ1) is 11.9. The lowest BCUT2D eigenvalue weighted by Gasteiger charge is -2.26. The van der Waals surface area contributed by atoms with Crippen molar-refractivity contribution in [1.29, 1.82) is 0 Å². The SMILES string of the molecule is O=C(O)c1cccnc1N1CCCCCCC1. The van der Waals surface area contributed by atoms with Gasteiger partial charge < -0.3 is 10.0 Å². The van der Waals surface area contributed by atoms with Gasteiger partial charge in [-0.05, 0) is 25.0 Å². The second-order valence-electron chi connectivity index (χ2n) is 4.43. The van der Waals surface area contributed by atoms with Crippen LogP contribution in [-0.2, 0) is 0 Å². The van der Waals surface area contributed by atoms with Crippen molar-refractivity contribution in [3.63, 3.8) is 0 Å². The van der Waals surface area contributed by atoms with Crippen molar-refractivity contribution < 1.29 is 9.90 Å². The molecule has 0 aliphatic carbocycles. The van der Waals surface area contributed by atoms with Crippen molar-refractivity contribution in [2.75, 3.05) is 18.0 Å². The van der Waals surface area contributed by atoms with Crippen LogP contribution in [0, 0.1) is 0 Å². The van der Waals surface area contributed by atoms with E-state index in [1.807, 2.05) is 0 Å². The Morgan fingerprint density at radius 2 is 1.82 bits per heavy atom. The van der Waals surface area contributed by atoms with Gasteiger partial charge in [0.05, 0.1) is 0 Å². The summed E-state index contributed by atoms with van der Waals surface area (Å²) < 4.78 is 0. The van der Waals surface area contributed by atoms with Crippen LogP contribution in [0.4, 0.5) is 5.82 Å². The fourth-order valence-electron chi connectivity index (χ4n) is 2.28. The molecule has 1 N–H and O–H groups in total. The molecule has 0 spiro atoms. The Labute approximate surface area is 101 Å². The zero-order valence-electron chi connectivity index (χ0n) is 9.93. The van der Waals surface area contributed by atoms with Gasteiger partial charge >= 0.3 is 5.97 Å². The maximum atomic E-state index is 11.2. The van der Waals surface area contributed by atoms with Crippen LogP contribution >= 0.6 is 0 Å². The Kier molecular flexibility index (Phi) is 3.96. The lowest BCUT2D eigenvalue weighted by atomic mass is 10.1. The van der Waals surface area contributed by atoms with Gasteiger partial charge in [0.25, 0.3) is 0 Å². The number of carboxylic acid groups (broad SMARTS) is 1. The van der Waals surface area contributed by atoms with Crippen molar-refractivity contribution >= 4 is 11.8 Å². The number of hydrogen-bond donors (Lipinski definition) is 1. The molecule has 4 heteroatoms. The molecule has 4 nitrogen and oxygen atoms in total. The van der Waals surface area contributed by atoms with Crippen molar-refractivity contribution in [3.05, 3.63) is 23.9 Å². The van der Waals surface area contributed by atoms with Gasteiger partial charge in [0, 0.05) is 19.3 Å². The predicted molar refractivity (Wildman–Crippen MR) is 66.5 cm³/mol. The number of rotatable bonds is 2. The quantitative estimate of drug-likeness (QED) is 0.854. The number of anilines is 1. The van der Waals surface area contributed by atoms with E-state index < -0.39 is 5.97 Å². The predicted octanol–water partition coefficient (Wildman–Crippen LogP) is 2.55. The number of carboxylic acids is 1. The molecule has 0 radical (unpaired) electrons. The lowest BCUT2D eigenvalue weighted by molar-refractivity contribution is 0.0697. The monoisotopic (exact) mass is 234 g/mol. The summed E-state index contributed by atoms with van der Waals surface area (Å²) in [5.74, 6) is -0.267. The van der Waals surface area contributed by atoms with E-state index in [-0.39, 0.29) is 0 Å². The summed E-state index contributed by atoms with van der Waals surface area (Å²) in [4.78, 5) is 17.5. The summed E-state index contributed by atoms with van der Waals surface area (Å²) in [6.45, 7) is 1.83. The molecule has 0 unspecified atom stereocenters. The summed E-state index contributed by atoms with van der Waals surface area (Å²) >= 11 is 0. The Morgan fingerprint density at radius 1 is 1.18 bits per heavy atom. The van der Waals surface area contributed by atoms with Gasteiger partial charge in [-0.3, -0.25) is 0 Å². The van der Waals surface area contributed by atoms with Crippen LogP contribution < -0.4 is 4.90 Å². The fraction of sp³-hybridized carbons (Fsp3) is 0.538. The second kappa shape index (κ2) is 5.66. The van der Waals surface area contributed by atoms with E-state index >= 15 is 0 Å². The van der Waals surface area contributed by atoms with Crippen molar-refractivity contribution in [3.8, 4) is 0 Å². The molecule has 1 fully saturated rings. The molecular formula is C13H18N2O2. The molecular weight excluding hydrogens is 216 g/mol. The van der Waals surface area contributed by atoms with Crippen molar-refractivity contribution in [2.45, 2.75) is 32.1 Å². The number of hydrogen-bond acceptors (Lipinski definition) is 3. The molecule has 2 heterocycles. The van der Waals surface area contributed by atoms with Crippen LogP contribution in [0.5, 0.6) is 0 Å². The minimum atomic E-state index is -0.893. The van der Waals surface area contributed by atoms with Gasteiger partial charge in [0.1, 0.15) is 11.4 Å². The summed E-state index contributed by atoms with van der Waals surface area (Å²) in [6, 6.07) is 3.31. The molecule has 0 bridgehead atoms. The minimum Gasteiger partial charge on any atom is -0.478 e. The highest BCUT2D eigenvalue weighted by Crippen LogP contribution is 2.20. The molecule has 2 rings (SSSR count). The molecule has 0 aromatic carbocycles. The first-order valence-corrected chi connectivity index (χ1v) is 6.22. The molecule has 1 aromatic heterocycles. The van der Waals surface area contributed by atoms with E-state index in [4.69, 9.17) is 5.11 Å². The van der Waals surface area contributed by atoms with Crippen LogP contribution in [0.3, 0.4) is 0 Å². The van der Waals surface area contributed by atoms with Gasteiger partial charge in [-0.1, -0.05) is 19.3 Å². The normalized spacial score (nSPS) is 17.3. The Bertz CT molecular complexity index is 385. The highest BCUT2D eigenvalue weighted by atomic mass is 16.4. The third-order valence-electron chi connectivity index (χ3n) is 3.17. The molecule has 1 aromatic rings. The van der Waals surface area contributed by atoms with Crippen LogP contribution in [0.2, 0.25) is 0 Å². The average molecular weight is 234 g/mol. The molecule has 1 aliphatic rings. The second-order valence-corrected chi connectivity index (χ2v) is 4.43. The van der Waals surface area contributed by atoms with Crippen molar-refractivity contribution in [2.24, 2.45) is 0 Å². The summed E-state index contributed by atoms with van der Waals surface area (Å²) in [6.07, 6.45) is 7.66. The molecule has 1 saturated heterocycles. The Morgan fingerprint density at radius 3 is 2.47 bits per heavy atom. The lowest BCUT2D eigenvalue weighted by Crippen LogP contribution is -2.29. The third-order valence-corrected chi connectivity index (χ3v) is 3.17.